The van der Waals surface area contributed by atoms with Crippen molar-refractivity contribution in [1.82, 2.24) is 15.6 Å². The molecule has 7 N–H and O–H groups in total. The van der Waals surface area contributed by atoms with Gasteiger partial charge in [-0.25, -0.2) is 4.79 Å². The molecule has 0 fully saturated rings. The van der Waals surface area contributed by atoms with E-state index in [0.717, 1.165) is 16.5 Å². The van der Waals surface area contributed by atoms with Gasteiger partial charge in [0.25, 0.3) is 0 Å². The van der Waals surface area contributed by atoms with E-state index in [1.165, 1.54) is 6.92 Å². The van der Waals surface area contributed by atoms with Crippen LogP contribution in [-0.2, 0) is 25.6 Å². The molecule has 0 saturated carbocycles. The van der Waals surface area contributed by atoms with Gasteiger partial charge in [0.2, 0.25) is 11.8 Å². The molecule has 1 heterocycles. The summed E-state index contributed by atoms with van der Waals surface area (Å²) in [4.78, 5) is 49.7. The van der Waals surface area contributed by atoms with E-state index in [2.05, 4.69) is 15.6 Å². The summed E-state index contributed by atoms with van der Waals surface area (Å²) >= 11 is 0. The van der Waals surface area contributed by atoms with Crippen LogP contribution in [0.25, 0.3) is 10.9 Å². The van der Waals surface area contributed by atoms with Gasteiger partial charge in [-0.05, 0) is 18.6 Å². The van der Waals surface area contributed by atoms with Crippen LogP contribution in [0, 0.1) is 0 Å². The van der Waals surface area contributed by atoms with Gasteiger partial charge in [-0.2, -0.15) is 0 Å². The Balaban J connectivity index is 2.25. The summed E-state index contributed by atoms with van der Waals surface area (Å²) in [6.07, 6.45) is 0.963. The number of benzene rings is 1. The third kappa shape index (κ3) is 5.30. The largest absolute Gasteiger partial charge is 0.481 e. The molecule has 10 nitrogen and oxygen atoms in total. The van der Waals surface area contributed by atoms with Crippen LogP contribution in [0.1, 0.15) is 18.9 Å². The molecular formula is C18H22N4O6. The zero-order chi connectivity index (χ0) is 20.8. The fourth-order valence-electron chi connectivity index (χ4n) is 2.68. The number of carboxylic acid groups (broad SMARTS) is 2. The number of para-hydroxylation sites is 1. The molecule has 2 aromatic rings. The van der Waals surface area contributed by atoms with Gasteiger partial charge in [0.15, 0.2) is 0 Å². The molecule has 2 rings (SSSR count). The second-order valence-electron chi connectivity index (χ2n) is 6.41. The average molecular weight is 390 g/mol. The number of carbonyl (C=O) groups is 4. The van der Waals surface area contributed by atoms with Crippen molar-refractivity contribution in [2.45, 2.75) is 37.9 Å². The van der Waals surface area contributed by atoms with Crippen LogP contribution in [0.15, 0.2) is 30.5 Å². The number of carbonyl (C=O) groups excluding carboxylic acids is 2. The molecule has 2 amide bonds. The summed E-state index contributed by atoms with van der Waals surface area (Å²) in [6.45, 7) is 1.44. The molecule has 0 bridgehead atoms. The number of nitrogens with one attached hydrogen (secondary N) is 3. The molecule has 0 aliphatic rings. The minimum Gasteiger partial charge on any atom is -0.481 e. The molecule has 0 spiro atoms. The van der Waals surface area contributed by atoms with Crippen molar-refractivity contribution in [3.8, 4) is 0 Å². The molecule has 0 aliphatic carbocycles. The van der Waals surface area contributed by atoms with Crippen LogP contribution < -0.4 is 16.4 Å². The van der Waals surface area contributed by atoms with Crippen LogP contribution in [0.4, 0.5) is 0 Å². The van der Waals surface area contributed by atoms with Crippen LogP contribution in [0.3, 0.4) is 0 Å². The minimum atomic E-state index is -1.62. The molecule has 3 unspecified atom stereocenters. The Morgan fingerprint density at radius 1 is 1.07 bits per heavy atom. The Hall–Kier alpha value is -3.40. The molecular weight excluding hydrogens is 368 g/mol. The predicted octanol–water partition coefficient (Wildman–Crippen LogP) is -0.413. The Morgan fingerprint density at radius 3 is 2.32 bits per heavy atom. The zero-order valence-corrected chi connectivity index (χ0v) is 15.1. The lowest BCUT2D eigenvalue weighted by Crippen LogP contribution is -2.55. The number of aliphatic carboxylic acids is 2. The number of hydrogen-bond acceptors (Lipinski definition) is 5. The van der Waals surface area contributed by atoms with Crippen LogP contribution in [-0.4, -0.2) is 57.1 Å². The van der Waals surface area contributed by atoms with E-state index in [1.807, 2.05) is 24.3 Å². The van der Waals surface area contributed by atoms with Crippen LogP contribution >= 0.6 is 0 Å². The number of amides is 2. The summed E-state index contributed by atoms with van der Waals surface area (Å²) in [6, 6.07) is 3.72. The third-order valence-electron chi connectivity index (χ3n) is 4.14. The van der Waals surface area contributed by atoms with Crippen molar-refractivity contribution in [3.63, 3.8) is 0 Å². The highest BCUT2D eigenvalue weighted by Gasteiger charge is 2.29. The van der Waals surface area contributed by atoms with Gasteiger partial charge in [0.1, 0.15) is 12.1 Å². The monoisotopic (exact) mass is 390 g/mol. The van der Waals surface area contributed by atoms with E-state index in [-0.39, 0.29) is 6.42 Å². The number of hydrogen-bond donors (Lipinski definition) is 6. The van der Waals surface area contributed by atoms with Crippen molar-refractivity contribution in [3.05, 3.63) is 36.0 Å². The molecule has 10 heteroatoms. The van der Waals surface area contributed by atoms with Crippen molar-refractivity contribution in [1.29, 1.82) is 0 Å². The average Bonchev–Trinajstić information content (AvgIpc) is 3.03. The fraction of sp³-hybridized carbons (Fsp3) is 0.333. The first-order chi connectivity index (χ1) is 13.2. The predicted molar refractivity (Wildman–Crippen MR) is 99.4 cm³/mol. The maximum Gasteiger partial charge on any atom is 0.326 e. The number of H-pyrrole nitrogens is 1. The van der Waals surface area contributed by atoms with Crippen molar-refractivity contribution < 1.29 is 29.4 Å². The second kappa shape index (κ2) is 9.00. The number of nitrogens with two attached hydrogens (primary N) is 1. The quantitative estimate of drug-likeness (QED) is 0.337. The molecule has 0 radical (unpaired) electrons. The van der Waals surface area contributed by atoms with Gasteiger partial charge in [-0.15, -0.1) is 0 Å². The first kappa shape index (κ1) is 20.9. The standard InChI is InChI=1S/C18H22N4O6/c1-9(19)16(25)21-13(17(26)22-14(18(27)28)7-15(23)24)6-10-8-20-12-5-3-2-4-11(10)12/h2-5,8-9,13-14,20H,6-7,19H2,1H3,(H,21,25)(H,22,26)(H,23,24)(H,27,28). The highest BCUT2D eigenvalue weighted by Crippen LogP contribution is 2.19. The summed E-state index contributed by atoms with van der Waals surface area (Å²) in [5.74, 6) is -4.27. The van der Waals surface area contributed by atoms with E-state index < -0.39 is 48.3 Å². The Morgan fingerprint density at radius 2 is 1.71 bits per heavy atom. The van der Waals surface area contributed by atoms with E-state index in [9.17, 15) is 19.2 Å². The number of carboxylic acids is 2. The molecule has 1 aromatic heterocycles. The molecule has 3 atom stereocenters. The number of rotatable bonds is 9. The van der Waals surface area contributed by atoms with Crippen molar-refractivity contribution >= 4 is 34.7 Å². The molecule has 28 heavy (non-hydrogen) atoms. The molecule has 1 aromatic carbocycles. The Bertz CT molecular complexity index is 891. The highest BCUT2D eigenvalue weighted by molar-refractivity contribution is 5.93. The van der Waals surface area contributed by atoms with E-state index in [4.69, 9.17) is 15.9 Å². The lowest BCUT2D eigenvalue weighted by Gasteiger charge is -2.21. The zero-order valence-electron chi connectivity index (χ0n) is 15.1. The van der Waals surface area contributed by atoms with Gasteiger partial charge in [0.05, 0.1) is 12.5 Å². The third-order valence-corrected chi connectivity index (χ3v) is 4.14. The summed E-state index contributed by atoms with van der Waals surface area (Å²) < 4.78 is 0. The number of fused-ring (bicyclic) bond motifs is 1. The number of aromatic amines is 1. The summed E-state index contributed by atoms with van der Waals surface area (Å²) in [5.41, 5.74) is 7.11. The van der Waals surface area contributed by atoms with Crippen LogP contribution in [0.2, 0.25) is 0 Å². The smallest absolute Gasteiger partial charge is 0.326 e. The highest BCUT2D eigenvalue weighted by atomic mass is 16.4. The summed E-state index contributed by atoms with van der Waals surface area (Å²) in [7, 11) is 0. The van der Waals surface area contributed by atoms with Gasteiger partial charge in [-0.3, -0.25) is 14.4 Å². The molecule has 150 valence electrons. The van der Waals surface area contributed by atoms with Crippen molar-refractivity contribution in [2.24, 2.45) is 5.73 Å². The Labute approximate surface area is 160 Å². The van der Waals surface area contributed by atoms with E-state index in [0.29, 0.717) is 0 Å². The maximum absolute atomic E-state index is 12.6. The normalized spacial score (nSPS) is 14.1. The minimum absolute atomic E-state index is 0.0632. The Kier molecular flexibility index (Phi) is 6.72. The second-order valence-corrected chi connectivity index (χ2v) is 6.41. The first-order valence-electron chi connectivity index (χ1n) is 8.55. The molecule has 0 aliphatic heterocycles. The van der Waals surface area contributed by atoms with Crippen LogP contribution in [0.5, 0.6) is 0 Å². The maximum atomic E-state index is 12.6. The topological polar surface area (TPSA) is 175 Å². The van der Waals surface area contributed by atoms with Gasteiger partial charge < -0.3 is 31.6 Å². The summed E-state index contributed by atoms with van der Waals surface area (Å²) in [5, 5.41) is 23.5. The lowest BCUT2D eigenvalue weighted by atomic mass is 10.0. The van der Waals surface area contributed by atoms with E-state index >= 15 is 0 Å². The van der Waals surface area contributed by atoms with Gasteiger partial charge in [0, 0.05) is 23.5 Å². The molecule has 0 saturated heterocycles. The number of aromatic nitrogens is 1. The van der Waals surface area contributed by atoms with E-state index in [1.54, 1.807) is 6.20 Å². The fourth-order valence-corrected chi connectivity index (χ4v) is 2.68. The van der Waals surface area contributed by atoms with Gasteiger partial charge in [-0.1, -0.05) is 18.2 Å². The van der Waals surface area contributed by atoms with Crippen molar-refractivity contribution in [2.75, 3.05) is 0 Å². The SMILES string of the molecule is CC(N)C(=O)NC(Cc1c[nH]c2ccccc12)C(=O)NC(CC(=O)O)C(=O)O. The van der Waals surface area contributed by atoms with Gasteiger partial charge >= 0.3 is 11.9 Å². The lowest BCUT2D eigenvalue weighted by molar-refractivity contribution is -0.147. The first-order valence-corrected chi connectivity index (χ1v) is 8.55.